The van der Waals surface area contributed by atoms with Crippen LogP contribution in [0.5, 0.6) is 0 Å². The maximum Gasteiger partial charge on any atom is 0.417 e. The number of hydrogen-bond acceptors (Lipinski definition) is 15. The van der Waals surface area contributed by atoms with Gasteiger partial charge in [0.2, 0.25) is 35.1 Å². The molecule has 2 aromatic carbocycles. The zero-order chi connectivity index (χ0) is 61.1. The number of rotatable bonds is 16. The van der Waals surface area contributed by atoms with Crippen LogP contribution in [0, 0.1) is 18.2 Å². The second-order valence-electron chi connectivity index (χ2n) is 23.6. The van der Waals surface area contributed by atoms with Crippen molar-refractivity contribution in [1.82, 2.24) is 50.2 Å². The largest absolute Gasteiger partial charge is 0.417 e. The fourth-order valence-electron chi connectivity index (χ4n) is 11.3. The number of nitrogens with zero attached hydrogens (tertiary/aromatic N) is 9. The number of likely N-dealkylation sites (N-methyl/N-ethyl adjacent to an activating group) is 1. The number of alkyl halides is 3. The Bertz CT molecular complexity index is 3350. The van der Waals surface area contributed by atoms with Crippen LogP contribution in [0.4, 0.5) is 34.9 Å². The molecule has 0 unspecified atom stereocenters. The first-order chi connectivity index (χ1) is 40.3. The molecule has 0 bridgehead atoms. The van der Waals surface area contributed by atoms with Crippen molar-refractivity contribution < 1.29 is 46.6 Å². The number of anilines is 3. The third-order valence-corrected chi connectivity index (χ3v) is 17.4. The predicted molar refractivity (Wildman–Crippen MR) is 315 cm³/mol. The number of aromatic nitrogens is 4. The Morgan fingerprint density at radius 2 is 1.58 bits per heavy atom. The molecule has 3 fully saturated rings. The number of carbonyl (C=O) groups is 5. The van der Waals surface area contributed by atoms with Gasteiger partial charge < -0.3 is 45.6 Å². The molecule has 5 N–H and O–H groups in total. The summed E-state index contributed by atoms with van der Waals surface area (Å²) in [7, 11) is 1.98. The number of aryl methyl sites for hydroxylation is 1. The third-order valence-electron chi connectivity index (χ3n) is 16.4. The molecule has 0 aliphatic carbocycles. The number of aliphatic hydroxyl groups excluding tert-OH is 1. The monoisotopic (exact) mass is 1200 g/mol. The van der Waals surface area contributed by atoms with Gasteiger partial charge in [-0.25, -0.2) is 19.3 Å². The number of pyridine rings is 1. The lowest BCUT2D eigenvalue weighted by Gasteiger charge is -2.44. The van der Waals surface area contributed by atoms with Crippen LogP contribution in [0.1, 0.15) is 98.6 Å². The van der Waals surface area contributed by atoms with Crippen molar-refractivity contribution in [3.05, 3.63) is 122 Å². The number of benzene rings is 2. The summed E-state index contributed by atoms with van der Waals surface area (Å²) in [6.07, 6.45) is 0.320. The van der Waals surface area contributed by atoms with Crippen molar-refractivity contribution in [2.24, 2.45) is 5.41 Å². The molecule has 0 saturated carbocycles. The van der Waals surface area contributed by atoms with E-state index in [1.54, 1.807) is 54.9 Å². The highest BCUT2D eigenvalue weighted by Gasteiger charge is 2.45. The van der Waals surface area contributed by atoms with Gasteiger partial charge in [0.1, 0.15) is 17.9 Å². The van der Waals surface area contributed by atoms with E-state index in [1.165, 1.54) is 17.0 Å². The molecule has 454 valence electrons. The Hall–Kier alpha value is -7.61. The summed E-state index contributed by atoms with van der Waals surface area (Å²) in [6, 6.07) is 9.01. The van der Waals surface area contributed by atoms with Gasteiger partial charge in [0, 0.05) is 139 Å². The number of β-amino-alcohol motifs (C(OH)–C–C–N with tert-alkyl or cyclic N) is 1. The summed E-state index contributed by atoms with van der Waals surface area (Å²) in [4.78, 5) is 108. The maximum atomic E-state index is 16.3. The van der Waals surface area contributed by atoms with Crippen molar-refractivity contribution in [3.63, 3.8) is 0 Å². The first kappa shape index (κ1) is 61.9. The first-order valence-electron chi connectivity index (χ1n) is 28.5. The summed E-state index contributed by atoms with van der Waals surface area (Å²) in [6.45, 7) is 15.7. The van der Waals surface area contributed by atoms with E-state index >= 15 is 4.39 Å². The van der Waals surface area contributed by atoms with Gasteiger partial charge in [-0.15, -0.1) is 11.3 Å². The number of aromatic amines is 1. The lowest BCUT2D eigenvalue weighted by molar-refractivity contribution is -0.144. The molecule has 5 atom stereocenters. The molecule has 85 heavy (non-hydrogen) atoms. The number of halogens is 4. The number of hydrogen-bond donors (Lipinski definition) is 5. The SMILES string of the molecule is Cc1ncsc1-c1ccc(CNC(=O)[C@@H]2C[C@@H](O)CN2C(=O)[C@@H](NC(=O)CCC(=O)N2CCN(Cc3cnc(N4CC=C(c5cc(NC(=O)c6c[nH]c(=O)cc6C(F)(F)F)c(N6C[C@@H](C)N(C)[C@@H](C)C6)cc5F)CC4)nc3)CC2)C(C)(C)C)cc1. The van der Waals surface area contributed by atoms with Crippen LogP contribution in [0.15, 0.2) is 77.4 Å². The molecule has 4 aliphatic heterocycles. The molecule has 9 rings (SSSR count). The Labute approximate surface area is 494 Å². The Morgan fingerprint density at radius 3 is 2.20 bits per heavy atom. The van der Waals surface area contributed by atoms with E-state index < -0.39 is 75.9 Å². The number of H-pyrrole nitrogens is 1. The predicted octanol–water partition coefficient (Wildman–Crippen LogP) is 6.06. The molecule has 3 aromatic heterocycles. The number of likely N-dealkylation sites (tertiary alicyclic amines) is 1. The zero-order valence-electron chi connectivity index (χ0n) is 48.8. The van der Waals surface area contributed by atoms with Gasteiger partial charge in [0.25, 0.3) is 5.91 Å². The van der Waals surface area contributed by atoms with Crippen LogP contribution >= 0.6 is 11.3 Å². The number of thiazole rings is 1. The number of piperazine rings is 2. The molecule has 3 saturated heterocycles. The molecule has 5 aromatic rings. The van der Waals surface area contributed by atoms with Crippen LogP contribution in [0.3, 0.4) is 0 Å². The van der Waals surface area contributed by atoms with Gasteiger partial charge in [-0.2, -0.15) is 13.2 Å². The highest BCUT2D eigenvalue weighted by molar-refractivity contribution is 7.13. The normalized spacial score (nSPS) is 20.3. The fraction of sp³-hybridized carbons (Fsp3) is 0.483. The summed E-state index contributed by atoms with van der Waals surface area (Å²) in [5, 5.41) is 19.0. The number of aliphatic hydroxyl groups is 1. The van der Waals surface area contributed by atoms with Crippen LogP contribution < -0.4 is 31.3 Å². The Kier molecular flexibility index (Phi) is 18.9. The van der Waals surface area contributed by atoms with Crippen molar-refractivity contribution in [2.45, 2.75) is 117 Å². The molecule has 5 amide bonds. The average Bonchev–Trinajstić information content (AvgIpc) is 4.18. The number of amides is 5. The fourth-order valence-corrected chi connectivity index (χ4v) is 12.2. The molecule has 4 aliphatic rings. The second-order valence-corrected chi connectivity index (χ2v) is 24.5. The van der Waals surface area contributed by atoms with Crippen molar-refractivity contribution in [2.75, 3.05) is 81.1 Å². The second kappa shape index (κ2) is 25.9. The number of nitrogens with one attached hydrogen (secondary N) is 4. The Morgan fingerprint density at radius 1 is 0.882 bits per heavy atom. The minimum Gasteiger partial charge on any atom is -0.391 e. The van der Waals surface area contributed by atoms with E-state index in [1.807, 2.05) is 68.0 Å². The lowest BCUT2D eigenvalue weighted by atomic mass is 9.85. The van der Waals surface area contributed by atoms with Gasteiger partial charge in [-0.3, -0.25) is 38.6 Å². The summed E-state index contributed by atoms with van der Waals surface area (Å²) in [5.74, 6) is -2.79. The van der Waals surface area contributed by atoms with Gasteiger partial charge in [-0.1, -0.05) is 51.1 Å². The number of carbonyl (C=O) groups excluding carboxylic acids is 5. The summed E-state index contributed by atoms with van der Waals surface area (Å²) < 4.78 is 58.4. The zero-order valence-corrected chi connectivity index (χ0v) is 49.6. The minimum atomic E-state index is -4.99. The molecular formula is C60H73F4N13O7S. The van der Waals surface area contributed by atoms with Gasteiger partial charge in [0.05, 0.1) is 44.7 Å². The van der Waals surface area contributed by atoms with Crippen LogP contribution in [-0.2, 0) is 38.4 Å². The minimum absolute atomic E-state index is 0.0411. The summed E-state index contributed by atoms with van der Waals surface area (Å²) >= 11 is 1.55. The summed E-state index contributed by atoms with van der Waals surface area (Å²) in [5.41, 5.74) is 2.77. The lowest BCUT2D eigenvalue weighted by Crippen LogP contribution is -2.57. The van der Waals surface area contributed by atoms with E-state index in [-0.39, 0.29) is 61.6 Å². The highest BCUT2D eigenvalue weighted by atomic mass is 32.1. The van der Waals surface area contributed by atoms with E-state index in [2.05, 4.69) is 45.7 Å². The topological polar surface area (TPSA) is 233 Å². The van der Waals surface area contributed by atoms with Crippen LogP contribution in [0.25, 0.3) is 16.0 Å². The molecular weight excluding hydrogens is 1120 g/mol. The van der Waals surface area contributed by atoms with E-state index in [0.717, 1.165) is 33.5 Å². The maximum absolute atomic E-state index is 16.3. The van der Waals surface area contributed by atoms with Gasteiger partial charge >= 0.3 is 6.18 Å². The quantitative estimate of drug-likeness (QED) is 0.0707. The smallest absolute Gasteiger partial charge is 0.391 e. The van der Waals surface area contributed by atoms with Crippen molar-refractivity contribution in [1.29, 1.82) is 0 Å². The highest BCUT2D eigenvalue weighted by Crippen LogP contribution is 2.38. The van der Waals surface area contributed by atoms with Crippen molar-refractivity contribution >= 4 is 63.8 Å². The Balaban J connectivity index is 0.749. The van der Waals surface area contributed by atoms with Crippen molar-refractivity contribution in [3.8, 4) is 10.4 Å². The van der Waals surface area contributed by atoms with Crippen LogP contribution in [0.2, 0.25) is 0 Å². The molecule has 7 heterocycles. The van der Waals surface area contributed by atoms with Gasteiger partial charge in [0.15, 0.2) is 0 Å². The molecule has 0 radical (unpaired) electrons. The van der Waals surface area contributed by atoms with E-state index in [9.17, 15) is 47.0 Å². The third kappa shape index (κ3) is 14.7. The van der Waals surface area contributed by atoms with E-state index in [4.69, 9.17) is 0 Å². The molecule has 0 spiro atoms. The molecule has 20 nitrogen and oxygen atoms in total. The van der Waals surface area contributed by atoms with Crippen LogP contribution in [-0.4, -0.2) is 170 Å². The standard InChI is InChI=1S/C60H73F4N13O7S/c1-35-30-76(31-36(2)72(35)7)48-25-46(61)43(23-47(48)70-55(82)44-29-65-51(80)24-45(44)60(62,63)64)40-14-16-75(17-15-40)58-67-27-39(28-68-58)32-73-18-20-74(21-19-73)52(81)13-12-50(79)71-54(59(4,5)6)57(84)77-33-42(78)22-49(77)56(83)66-26-38-8-10-41(11-9-38)53-37(3)69-34-85-53/h8-11,14,23-25,27-29,34-36,42,49,54,78H,12-13,15-22,26,30-33H2,1-7H3,(H,65,80)(H,66,83)(H,70,82)(H,71,79)/t35-,36+,42-,49+,54-/m1/s1. The average molecular weight is 1200 g/mol. The first-order valence-corrected chi connectivity index (χ1v) is 29.4. The van der Waals surface area contributed by atoms with Gasteiger partial charge in [-0.05, 0) is 68.5 Å². The molecule has 25 heteroatoms. The van der Waals surface area contributed by atoms with E-state index in [0.29, 0.717) is 88.6 Å².